The van der Waals surface area contributed by atoms with Crippen molar-refractivity contribution in [2.45, 2.75) is 24.2 Å². The van der Waals surface area contributed by atoms with Crippen LogP contribution >= 0.6 is 22.9 Å². The number of hydrogen-bond donors (Lipinski definition) is 0. The maximum atomic E-state index is 13.7. The summed E-state index contributed by atoms with van der Waals surface area (Å²) in [6.07, 6.45) is 2.53. The first-order valence-electron chi connectivity index (χ1n) is 12.2. The van der Waals surface area contributed by atoms with Crippen LogP contribution in [0.25, 0.3) is 10.2 Å². The van der Waals surface area contributed by atoms with Crippen LogP contribution in [0.5, 0.6) is 0 Å². The van der Waals surface area contributed by atoms with Gasteiger partial charge < -0.3 is 4.74 Å². The lowest BCUT2D eigenvalue weighted by molar-refractivity contribution is 0.0376. The van der Waals surface area contributed by atoms with E-state index in [0.29, 0.717) is 40.9 Å². The van der Waals surface area contributed by atoms with Crippen molar-refractivity contribution in [3.8, 4) is 0 Å². The lowest BCUT2D eigenvalue weighted by atomic mass is 10.2. The van der Waals surface area contributed by atoms with E-state index in [1.54, 1.807) is 23.1 Å². The van der Waals surface area contributed by atoms with E-state index in [1.165, 1.54) is 27.8 Å². The Hall–Kier alpha value is -2.08. The van der Waals surface area contributed by atoms with Crippen molar-refractivity contribution in [1.82, 2.24) is 14.2 Å². The number of anilines is 1. The van der Waals surface area contributed by atoms with E-state index in [9.17, 15) is 13.2 Å². The molecule has 0 spiro atoms. The van der Waals surface area contributed by atoms with Gasteiger partial charge in [-0.05, 0) is 55.7 Å². The number of sulfonamides is 1. The number of carbonyl (C=O) groups is 1. The number of amides is 1. The van der Waals surface area contributed by atoms with Gasteiger partial charge in [-0.3, -0.25) is 14.6 Å². The van der Waals surface area contributed by atoms with E-state index < -0.39 is 10.0 Å². The molecule has 3 heterocycles. The topological polar surface area (TPSA) is 83.1 Å². The highest BCUT2D eigenvalue weighted by atomic mass is 35.5. The molecule has 0 atom stereocenters. The Balaban J connectivity index is 1.38. The molecule has 0 unspecified atom stereocenters. The van der Waals surface area contributed by atoms with E-state index >= 15 is 0 Å². The van der Waals surface area contributed by atoms with Crippen molar-refractivity contribution < 1.29 is 17.9 Å². The standard InChI is InChI=1S/C25H29ClN4O4S2/c26-21-5-3-6-22-23(21)27-25(35-22)30(14-4-11-28-15-17-34-18-16-28)24(31)19-7-9-20(10-8-19)36(32,33)29-12-1-2-13-29/h3,5-10H,1-2,4,11-18H2. The monoisotopic (exact) mass is 548 g/mol. The molecule has 36 heavy (non-hydrogen) atoms. The van der Waals surface area contributed by atoms with Crippen molar-refractivity contribution in [1.29, 1.82) is 0 Å². The van der Waals surface area contributed by atoms with Crippen molar-refractivity contribution in [3.63, 3.8) is 0 Å². The second-order valence-corrected chi connectivity index (χ2v) is 12.3. The van der Waals surface area contributed by atoms with E-state index in [-0.39, 0.29) is 10.8 Å². The summed E-state index contributed by atoms with van der Waals surface area (Å²) in [7, 11) is -3.53. The largest absolute Gasteiger partial charge is 0.379 e. The Morgan fingerprint density at radius 2 is 1.78 bits per heavy atom. The van der Waals surface area contributed by atoms with Crippen LogP contribution < -0.4 is 4.90 Å². The van der Waals surface area contributed by atoms with Gasteiger partial charge in [0, 0.05) is 44.8 Å². The van der Waals surface area contributed by atoms with E-state index in [4.69, 9.17) is 16.3 Å². The first-order valence-corrected chi connectivity index (χ1v) is 14.8. The second kappa shape index (κ2) is 11.1. The smallest absolute Gasteiger partial charge is 0.260 e. The van der Waals surface area contributed by atoms with Crippen LogP contribution in [-0.2, 0) is 14.8 Å². The zero-order valence-corrected chi connectivity index (χ0v) is 22.3. The second-order valence-electron chi connectivity index (χ2n) is 8.98. The number of carbonyl (C=O) groups excluding carboxylic acids is 1. The summed E-state index contributed by atoms with van der Waals surface area (Å²) in [6, 6.07) is 11.9. The van der Waals surface area contributed by atoms with Crippen LogP contribution in [0.4, 0.5) is 5.13 Å². The summed E-state index contributed by atoms with van der Waals surface area (Å²) in [4.78, 5) is 22.6. The van der Waals surface area contributed by atoms with Crippen molar-refractivity contribution >= 4 is 54.2 Å². The molecule has 0 bridgehead atoms. The molecular weight excluding hydrogens is 520 g/mol. The Bertz CT molecular complexity index is 1320. The minimum atomic E-state index is -3.53. The Morgan fingerprint density at radius 1 is 1.06 bits per heavy atom. The maximum absolute atomic E-state index is 13.7. The molecule has 192 valence electrons. The quantitative estimate of drug-likeness (QED) is 0.421. The van der Waals surface area contributed by atoms with Gasteiger partial charge in [-0.25, -0.2) is 13.4 Å². The van der Waals surface area contributed by atoms with E-state index in [0.717, 1.165) is 56.8 Å². The first-order chi connectivity index (χ1) is 17.4. The highest BCUT2D eigenvalue weighted by Crippen LogP contribution is 2.33. The van der Waals surface area contributed by atoms with Gasteiger partial charge in [-0.15, -0.1) is 0 Å². The molecule has 2 fully saturated rings. The molecule has 1 aromatic heterocycles. The third-order valence-electron chi connectivity index (χ3n) is 6.60. The zero-order chi connectivity index (χ0) is 25.1. The van der Waals surface area contributed by atoms with Gasteiger partial charge in [0.1, 0.15) is 5.52 Å². The molecule has 2 aliphatic rings. The molecular formula is C25H29ClN4O4S2. The van der Waals surface area contributed by atoms with Crippen LogP contribution in [-0.4, -0.2) is 81.0 Å². The Morgan fingerprint density at radius 3 is 2.47 bits per heavy atom. The first kappa shape index (κ1) is 25.6. The molecule has 5 rings (SSSR count). The number of rotatable bonds is 8. The maximum Gasteiger partial charge on any atom is 0.260 e. The predicted molar refractivity (Wildman–Crippen MR) is 143 cm³/mol. The molecule has 2 aliphatic heterocycles. The van der Waals surface area contributed by atoms with Gasteiger partial charge in [0.2, 0.25) is 10.0 Å². The lowest BCUT2D eigenvalue weighted by Crippen LogP contribution is -2.39. The third-order valence-corrected chi connectivity index (χ3v) is 9.86. The molecule has 2 saturated heterocycles. The molecule has 3 aromatic rings. The van der Waals surface area contributed by atoms with Gasteiger partial charge in [0.15, 0.2) is 5.13 Å². The number of fused-ring (bicyclic) bond motifs is 1. The Kier molecular flexibility index (Phi) is 7.90. The molecule has 8 nitrogen and oxygen atoms in total. The van der Waals surface area contributed by atoms with Gasteiger partial charge in [-0.2, -0.15) is 4.31 Å². The third kappa shape index (κ3) is 5.44. The van der Waals surface area contributed by atoms with Crippen LogP contribution in [0.1, 0.15) is 29.6 Å². The molecule has 0 saturated carbocycles. The fraction of sp³-hybridized carbons (Fsp3) is 0.440. The SMILES string of the molecule is O=C(c1ccc(S(=O)(=O)N2CCCC2)cc1)N(CCCN1CCOCC1)c1nc2c(Cl)cccc2s1. The van der Waals surface area contributed by atoms with Crippen molar-refractivity contribution in [2.24, 2.45) is 0 Å². The summed E-state index contributed by atoms with van der Waals surface area (Å²) in [6.45, 7) is 5.65. The number of ether oxygens (including phenoxy) is 1. The molecule has 2 aromatic carbocycles. The van der Waals surface area contributed by atoms with E-state index in [1.807, 2.05) is 12.1 Å². The number of para-hydroxylation sites is 1. The fourth-order valence-corrected chi connectivity index (χ4v) is 7.39. The average Bonchev–Trinajstić information content (AvgIpc) is 3.59. The average molecular weight is 549 g/mol. The van der Waals surface area contributed by atoms with Gasteiger partial charge in [-0.1, -0.05) is 29.0 Å². The van der Waals surface area contributed by atoms with Crippen LogP contribution in [0, 0.1) is 0 Å². The highest BCUT2D eigenvalue weighted by Gasteiger charge is 2.28. The zero-order valence-electron chi connectivity index (χ0n) is 19.9. The van der Waals surface area contributed by atoms with Crippen molar-refractivity contribution in [2.75, 3.05) is 57.4 Å². The van der Waals surface area contributed by atoms with Gasteiger partial charge in [0.25, 0.3) is 5.91 Å². The number of halogens is 1. The van der Waals surface area contributed by atoms with Crippen LogP contribution in [0.2, 0.25) is 5.02 Å². The number of aromatic nitrogens is 1. The van der Waals surface area contributed by atoms with Crippen molar-refractivity contribution in [3.05, 3.63) is 53.1 Å². The Labute approximate surface area is 220 Å². The van der Waals surface area contributed by atoms with Gasteiger partial charge in [0.05, 0.1) is 27.8 Å². The number of morpholine rings is 1. The summed E-state index contributed by atoms with van der Waals surface area (Å²) >= 11 is 7.78. The number of benzene rings is 2. The molecule has 1 amide bonds. The van der Waals surface area contributed by atoms with Crippen LogP contribution in [0.15, 0.2) is 47.4 Å². The highest BCUT2D eigenvalue weighted by molar-refractivity contribution is 7.89. The van der Waals surface area contributed by atoms with Gasteiger partial charge >= 0.3 is 0 Å². The van der Waals surface area contributed by atoms with E-state index in [2.05, 4.69) is 9.88 Å². The molecule has 11 heteroatoms. The number of nitrogens with zero attached hydrogens (tertiary/aromatic N) is 4. The summed E-state index contributed by atoms with van der Waals surface area (Å²) in [5, 5.41) is 1.13. The minimum absolute atomic E-state index is 0.211. The van der Waals surface area contributed by atoms with Crippen LogP contribution in [0.3, 0.4) is 0 Å². The summed E-state index contributed by atoms with van der Waals surface area (Å²) in [5.41, 5.74) is 1.10. The summed E-state index contributed by atoms with van der Waals surface area (Å²) in [5.74, 6) is -0.211. The molecule has 0 aliphatic carbocycles. The summed E-state index contributed by atoms with van der Waals surface area (Å²) < 4.78 is 33.6. The molecule has 0 radical (unpaired) electrons. The molecule has 0 N–H and O–H groups in total. The number of thiazole rings is 1. The normalized spacial score (nSPS) is 17.6. The predicted octanol–water partition coefficient (Wildman–Crippen LogP) is 4.10. The minimum Gasteiger partial charge on any atom is -0.379 e. The lowest BCUT2D eigenvalue weighted by Gasteiger charge is -2.27. The number of hydrogen-bond acceptors (Lipinski definition) is 7. The fourth-order valence-electron chi connectivity index (χ4n) is 4.58.